The fraction of sp³-hybridized carbons (Fsp3) is 0. The Balaban J connectivity index is 2.29. The van der Waals surface area contributed by atoms with Crippen LogP contribution in [0.3, 0.4) is 0 Å². The molecule has 0 aromatic heterocycles. The Bertz CT molecular complexity index is 657. The van der Waals surface area contributed by atoms with E-state index in [4.69, 9.17) is 0 Å². The molecule has 0 saturated carbocycles. The van der Waals surface area contributed by atoms with Gasteiger partial charge in [0.1, 0.15) is 5.82 Å². The van der Waals surface area contributed by atoms with Crippen LogP contribution in [0.5, 0.6) is 0 Å². The van der Waals surface area contributed by atoms with Crippen molar-refractivity contribution in [2.24, 2.45) is 0 Å². The summed E-state index contributed by atoms with van der Waals surface area (Å²) in [7, 11) is 0. The van der Waals surface area contributed by atoms with Crippen LogP contribution < -0.4 is 0 Å². The van der Waals surface area contributed by atoms with Gasteiger partial charge in [0, 0.05) is 10.9 Å². The number of rotatable bonds is 1. The van der Waals surface area contributed by atoms with E-state index in [0.29, 0.717) is 10.9 Å². The summed E-state index contributed by atoms with van der Waals surface area (Å²) in [5, 5.41) is 1.52. The van der Waals surface area contributed by atoms with Gasteiger partial charge in [-0.1, -0.05) is 54.6 Å². The molecule has 0 unspecified atom stereocenters. The molecule has 0 aliphatic heterocycles. The van der Waals surface area contributed by atoms with Gasteiger partial charge >= 0.3 is 0 Å². The maximum absolute atomic E-state index is 14.3. The second kappa shape index (κ2) is 4.02. The Morgan fingerprint density at radius 3 is 2.53 bits per heavy atom. The van der Waals surface area contributed by atoms with Gasteiger partial charge < -0.3 is 0 Å². The first-order valence-electron chi connectivity index (χ1n) is 5.50. The van der Waals surface area contributed by atoms with Gasteiger partial charge in [-0.25, -0.2) is 4.39 Å². The first-order chi connectivity index (χ1) is 8.36. The van der Waals surface area contributed by atoms with E-state index in [-0.39, 0.29) is 5.82 Å². The first-order valence-corrected chi connectivity index (χ1v) is 5.50. The maximum atomic E-state index is 14.3. The molecule has 3 aromatic carbocycles. The van der Waals surface area contributed by atoms with Crippen molar-refractivity contribution in [2.75, 3.05) is 0 Å². The summed E-state index contributed by atoms with van der Waals surface area (Å²) in [6, 6.07) is 21.6. The van der Waals surface area contributed by atoms with E-state index in [1.807, 2.05) is 48.5 Å². The lowest BCUT2D eigenvalue weighted by molar-refractivity contribution is 0.643. The number of halogens is 1. The van der Waals surface area contributed by atoms with E-state index >= 15 is 0 Å². The molecule has 3 rings (SSSR count). The molecule has 0 atom stereocenters. The number of benzene rings is 3. The van der Waals surface area contributed by atoms with Crippen molar-refractivity contribution in [3.8, 4) is 11.1 Å². The smallest absolute Gasteiger partial charge is 0.138 e. The van der Waals surface area contributed by atoms with Crippen molar-refractivity contribution in [1.29, 1.82) is 0 Å². The Morgan fingerprint density at radius 2 is 1.71 bits per heavy atom. The fourth-order valence-electron chi connectivity index (χ4n) is 2.01. The third kappa shape index (κ3) is 1.70. The van der Waals surface area contributed by atoms with E-state index in [2.05, 4.69) is 6.07 Å². The summed E-state index contributed by atoms with van der Waals surface area (Å²) in [4.78, 5) is 0. The third-order valence-electron chi connectivity index (χ3n) is 2.89. The van der Waals surface area contributed by atoms with Gasteiger partial charge in [0.25, 0.3) is 0 Å². The van der Waals surface area contributed by atoms with Crippen LogP contribution in [-0.4, -0.2) is 0 Å². The highest BCUT2D eigenvalue weighted by molar-refractivity contribution is 5.88. The second-order valence-corrected chi connectivity index (χ2v) is 3.94. The zero-order chi connectivity index (χ0) is 11.7. The Labute approximate surface area is 99.3 Å². The van der Waals surface area contributed by atoms with Crippen molar-refractivity contribution < 1.29 is 4.39 Å². The van der Waals surface area contributed by atoms with Crippen molar-refractivity contribution in [1.82, 2.24) is 0 Å². The van der Waals surface area contributed by atoms with Crippen LogP contribution in [0.4, 0.5) is 4.39 Å². The van der Waals surface area contributed by atoms with Crippen LogP contribution in [-0.2, 0) is 0 Å². The summed E-state index contributed by atoms with van der Waals surface area (Å²) >= 11 is 0. The van der Waals surface area contributed by atoms with Crippen LogP contribution >= 0.6 is 0 Å². The van der Waals surface area contributed by atoms with Gasteiger partial charge in [0.05, 0.1) is 0 Å². The van der Waals surface area contributed by atoms with Gasteiger partial charge in [-0.15, -0.1) is 0 Å². The van der Waals surface area contributed by atoms with E-state index in [1.54, 1.807) is 12.1 Å². The highest BCUT2D eigenvalue weighted by atomic mass is 19.1. The molecule has 81 valence electrons. The normalized spacial score (nSPS) is 10.6. The average molecular weight is 221 g/mol. The molecule has 3 aromatic rings. The lowest BCUT2D eigenvalue weighted by Gasteiger charge is -2.06. The number of hydrogen-bond donors (Lipinski definition) is 0. The van der Waals surface area contributed by atoms with Gasteiger partial charge in [0.15, 0.2) is 0 Å². The van der Waals surface area contributed by atoms with Crippen LogP contribution in [0.1, 0.15) is 0 Å². The van der Waals surface area contributed by atoms with Gasteiger partial charge in [-0.05, 0) is 23.1 Å². The zero-order valence-corrected chi connectivity index (χ0v) is 9.15. The highest BCUT2D eigenvalue weighted by Crippen LogP contribution is 2.28. The minimum absolute atomic E-state index is 0.175. The first kappa shape index (κ1) is 10.0. The summed E-state index contributed by atoms with van der Waals surface area (Å²) in [6.45, 7) is 0. The molecule has 0 nitrogen and oxygen atoms in total. The molecule has 0 N–H and O–H groups in total. The van der Waals surface area contributed by atoms with Crippen LogP contribution in [0.2, 0.25) is 0 Å². The van der Waals surface area contributed by atoms with E-state index in [0.717, 1.165) is 10.9 Å². The monoisotopic (exact) mass is 221 g/mol. The minimum atomic E-state index is -0.175. The predicted octanol–water partition coefficient (Wildman–Crippen LogP) is 4.45. The predicted molar refractivity (Wildman–Crippen MR) is 68.2 cm³/mol. The quantitative estimate of drug-likeness (QED) is 0.569. The standard InChI is InChI=1S/C16H10F/c17-16-14-9-5-4-8-13(14)10-11-15(16)12-6-2-1-3-7-12/h1-4,6-11H. The molecule has 0 bridgehead atoms. The molecule has 0 fully saturated rings. The molecule has 0 saturated heterocycles. The SMILES string of the molecule is Fc1c(-c2ccccc2)ccc2cc[c]cc12. The molecular formula is C16H10F. The summed E-state index contributed by atoms with van der Waals surface area (Å²) in [6.07, 6.45) is 0. The molecule has 0 amide bonds. The largest absolute Gasteiger partial charge is 0.206 e. The van der Waals surface area contributed by atoms with Gasteiger partial charge in [-0.2, -0.15) is 0 Å². The fourth-order valence-corrected chi connectivity index (χ4v) is 2.01. The molecule has 1 radical (unpaired) electrons. The molecule has 17 heavy (non-hydrogen) atoms. The number of fused-ring (bicyclic) bond motifs is 1. The molecular weight excluding hydrogens is 211 g/mol. The Morgan fingerprint density at radius 1 is 0.882 bits per heavy atom. The summed E-state index contributed by atoms with van der Waals surface area (Å²) < 4.78 is 14.3. The number of hydrogen-bond acceptors (Lipinski definition) is 0. The van der Waals surface area contributed by atoms with Crippen LogP contribution in [0, 0.1) is 11.9 Å². The van der Waals surface area contributed by atoms with Crippen molar-refractivity contribution >= 4 is 10.8 Å². The van der Waals surface area contributed by atoms with Gasteiger partial charge in [0.2, 0.25) is 0 Å². The van der Waals surface area contributed by atoms with Crippen molar-refractivity contribution in [3.63, 3.8) is 0 Å². The molecule has 0 aliphatic rings. The Kier molecular flexibility index (Phi) is 2.37. The summed E-state index contributed by atoms with van der Waals surface area (Å²) in [5.41, 5.74) is 1.54. The minimum Gasteiger partial charge on any atom is -0.206 e. The Hall–Kier alpha value is -2.15. The maximum Gasteiger partial charge on any atom is 0.138 e. The second-order valence-electron chi connectivity index (χ2n) is 3.94. The van der Waals surface area contributed by atoms with Gasteiger partial charge in [-0.3, -0.25) is 0 Å². The molecule has 0 spiro atoms. The highest BCUT2D eigenvalue weighted by Gasteiger charge is 2.08. The third-order valence-corrected chi connectivity index (χ3v) is 2.89. The topological polar surface area (TPSA) is 0 Å². The molecule has 0 aliphatic carbocycles. The lowest BCUT2D eigenvalue weighted by atomic mass is 10.0. The zero-order valence-electron chi connectivity index (χ0n) is 9.15. The van der Waals surface area contributed by atoms with E-state index in [1.165, 1.54) is 0 Å². The lowest BCUT2D eigenvalue weighted by Crippen LogP contribution is -1.86. The van der Waals surface area contributed by atoms with E-state index < -0.39 is 0 Å². The van der Waals surface area contributed by atoms with Crippen molar-refractivity contribution in [2.45, 2.75) is 0 Å². The van der Waals surface area contributed by atoms with Crippen LogP contribution in [0.15, 0.2) is 60.7 Å². The van der Waals surface area contributed by atoms with Crippen LogP contribution in [0.25, 0.3) is 21.9 Å². The average Bonchev–Trinajstić information content (AvgIpc) is 2.40. The summed E-state index contributed by atoms with van der Waals surface area (Å²) in [5.74, 6) is -0.175. The molecule has 1 heteroatoms. The van der Waals surface area contributed by atoms with E-state index in [9.17, 15) is 4.39 Å². The molecule has 0 heterocycles. The van der Waals surface area contributed by atoms with Crippen molar-refractivity contribution in [3.05, 3.63) is 72.5 Å².